The van der Waals surface area contributed by atoms with Crippen LogP contribution in [-0.4, -0.2) is 19.4 Å². The van der Waals surface area contributed by atoms with Crippen LogP contribution >= 0.6 is 0 Å². The standard InChI is InChI=1S/C10H14N2O2/c1-2-14-10(13)12(8-11)9-6-4-3-5-7-9/h3-7H,2,8,11H2,1H3. The summed E-state index contributed by atoms with van der Waals surface area (Å²) >= 11 is 0. The molecule has 0 aromatic heterocycles. The van der Waals surface area contributed by atoms with E-state index in [0.29, 0.717) is 6.61 Å². The van der Waals surface area contributed by atoms with Gasteiger partial charge in [-0.3, -0.25) is 4.90 Å². The van der Waals surface area contributed by atoms with E-state index in [0.717, 1.165) is 5.69 Å². The summed E-state index contributed by atoms with van der Waals surface area (Å²) in [5, 5.41) is 0. The lowest BCUT2D eigenvalue weighted by Crippen LogP contribution is -2.36. The highest BCUT2D eigenvalue weighted by atomic mass is 16.6. The molecule has 4 nitrogen and oxygen atoms in total. The molecule has 0 unspecified atom stereocenters. The first-order valence-electron chi connectivity index (χ1n) is 4.49. The third-order valence-electron chi connectivity index (χ3n) is 1.74. The summed E-state index contributed by atoms with van der Waals surface area (Å²) in [6, 6.07) is 9.19. The summed E-state index contributed by atoms with van der Waals surface area (Å²) in [5.41, 5.74) is 6.21. The first kappa shape index (κ1) is 10.5. The highest BCUT2D eigenvalue weighted by molar-refractivity contribution is 5.87. The molecular formula is C10H14N2O2. The fourth-order valence-electron chi connectivity index (χ4n) is 1.09. The van der Waals surface area contributed by atoms with Crippen molar-refractivity contribution in [2.45, 2.75) is 6.92 Å². The topological polar surface area (TPSA) is 55.6 Å². The van der Waals surface area contributed by atoms with Crippen LogP contribution in [0.25, 0.3) is 0 Å². The van der Waals surface area contributed by atoms with Crippen molar-refractivity contribution >= 4 is 11.8 Å². The molecule has 1 aromatic carbocycles. The Labute approximate surface area is 83.3 Å². The number of rotatable bonds is 3. The molecule has 0 aliphatic carbocycles. The van der Waals surface area contributed by atoms with Crippen LogP contribution in [0, 0.1) is 0 Å². The number of carbonyl (C=O) groups excluding carboxylic acids is 1. The number of nitrogens with two attached hydrogens (primary N) is 1. The van der Waals surface area contributed by atoms with Crippen molar-refractivity contribution in [1.82, 2.24) is 0 Å². The SMILES string of the molecule is CCOC(=O)N(CN)c1ccccc1. The van der Waals surface area contributed by atoms with E-state index in [1.54, 1.807) is 6.92 Å². The summed E-state index contributed by atoms with van der Waals surface area (Å²) in [5.74, 6) is 0. The maximum atomic E-state index is 11.4. The van der Waals surface area contributed by atoms with Gasteiger partial charge in [-0.1, -0.05) is 18.2 Å². The molecule has 1 amide bonds. The number of nitrogens with zero attached hydrogens (tertiary/aromatic N) is 1. The van der Waals surface area contributed by atoms with E-state index in [-0.39, 0.29) is 6.67 Å². The van der Waals surface area contributed by atoms with Crippen LogP contribution in [-0.2, 0) is 4.74 Å². The minimum absolute atomic E-state index is 0.114. The Balaban J connectivity index is 2.77. The Morgan fingerprint density at radius 2 is 2.07 bits per heavy atom. The molecule has 0 atom stereocenters. The molecule has 0 heterocycles. The van der Waals surface area contributed by atoms with Crippen LogP contribution in [0.3, 0.4) is 0 Å². The predicted molar refractivity (Wildman–Crippen MR) is 55.0 cm³/mol. The second-order valence-electron chi connectivity index (χ2n) is 2.65. The van der Waals surface area contributed by atoms with Gasteiger partial charge in [0, 0.05) is 5.69 Å². The molecule has 0 bridgehead atoms. The van der Waals surface area contributed by atoms with Gasteiger partial charge >= 0.3 is 6.09 Å². The summed E-state index contributed by atoms with van der Waals surface area (Å²) in [6.07, 6.45) is -0.416. The fourth-order valence-corrected chi connectivity index (χ4v) is 1.09. The van der Waals surface area contributed by atoms with Gasteiger partial charge in [0.1, 0.15) is 0 Å². The summed E-state index contributed by atoms with van der Waals surface area (Å²) in [4.78, 5) is 12.8. The Kier molecular flexibility index (Phi) is 3.94. The maximum Gasteiger partial charge on any atom is 0.415 e. The van der Waals surface area contributed by atoms with Crippen LogP contribution in [0.5, 0.6) is 0 Å². The molecule has 2 N–H and O–H groups in total. The zero-order chi connectivity index (χ0) is 10.4. The van der Waals surface area contributed by atoms with E-state index in [9.17, 15) is 4.79 Å². The van der Waals surface area contributed by atoms with Crippen LogP contribution in [0.1, 0.15) is 6.92 Å². The minimum atomic E-state index is -0.416. The lowest BCUT2D eigenvalue weighted by atomic mass is 10.3. The largest absolute Gasteiger partial charge is 0.449 e. The molecule has 0 aliphatic rings. The number of hydrogen-bond acceptors (Lipinski definition) is 3. The average molecular weight is 194 g/mol. The highest BCUT2D eigenvalue weighted by Crippen LogP contribution is 2.12. The van der Waals surface area contributed by atoms with Crippen molar-refractivity contribution in [3.8, 4) is 0 Å². The van der Waals surface area contributed by atoms with Gasteiger partial charge in [0.2, 0.25) is 0 Å². The third kappa shape index (κ3) is 2.47. The van der Waals surface area contributed by atoms with Gasteiger partial charge in [0.05, 0.1) is 13.3 Å². The molecular weight excluding hydrogens is 180 g/mol. The summed E-state index contributed by atoms with van der Waals surface area (Å²) < 4.78 is 4.86. The van der Waals surface area contributed by atoms with Gasteiger partial charge in [-0.2, -0.15) is 0 Å². The Bertz CT molecular complexity index is 287. The molecule has 0 aliphatic heterocycles. The van der Waals surface area contributed by atoms with Crippen molar-refractivity contribution in [1.29, 1.82) is 0 Å². The zero-order valence-electron chi connectivity index (χ0n) is 8.14. The van der Waals surface area contributed by atoms with Crippen LogP contribution in [0.4, 0.5) is 10.5 Å². The molecule has 14 heavy (non-hydrogen) atoms. The smallest absolute Gasteiger partial charge is 0.415 e. The number of benzene rings is 1. The normalized spacial score (nSPS) is 9.57. The van der Waals surface area contributed by atoms with Crippen molar-refractivity contribution in [2.24, 2.45) is 5.73 Å². The van der Waals surface area contributed by atoms with Crippen molar-refractivity contribution in [2.75, 3.05) is 18.2 Å². The Morgan fingerprint density at radius 3 is 2.57 bits per heavy atom. The van der Waals surface area contributed by atoms with Crippen LogP contribution in [0.2, 0.25) is 0 Å². The van der Waals surface area contributed by atoms with Gasteiger partial charge in [-0.05, 0) is 19.1 Å². The quantitative estimate of drug-likeness (QED) is 0.743. The van der Waals surface area contributed by atoms with Crippen LogP contribution < -0.4 is 10.6 Å². The number of ether oxygens (including phenoxy) is 1. The maximum absolute atomic E-state index is 11.4. The molecule has 1 aromatic rings. The number of anilines is 1. The molecule has 0 saturated heterocycles. The van der Waals surface area contributed by atoms with Crippen molar-refractivity contribution in [3.05, 3.63) is 30.3 Å². The van der Waals surface area contributed by atoms with Crippen molar-refractivity contribution < 1.29 is 9.53 Å². The molecule has 0 spiro atoms. The molecule has 76 valence electrons. The number of hydrogen-bond donors (Lipinski definition) is 1. The van der Waals surface area contributed by atoms with Gasteiger partial charge in [-0.25, -0.2) is 4.79 Å². The Morgan fingerprint density at radius 1 is 1.43 bits per heavy atom. The lowest BCUT2D eigenvalue weighted by Gasteiger charge is -2.19. The number of amides is 1. The zero-order valence-corrected chi connectivity index (χ0v) is 8.14. The van der Waals surface area contributed by atoms with Gasteiger partial charge in [-0.15, -0.1) is 0 Å². The number of carbonyl (C=O) groups is 1. The number of para-hydroxylation sites is 1. The first-order valence-corrected chi connectivity index (χ1v) is 4.49. The van der Waals surface area contributed by atoms with Gasteiger partial charge in [0.25, 0.3) is 0 Å². The third-order valence-corrected chi connectivity index (χ3v) is 1.74. The summed E-state index contributed by atoms with van der Waals surface area (Å²) in [6.45, 7) is 2.22. The van der Waals surface area contributed by atoms with E-state index < -0.39 is 6.09 Å². The monoisotopic (exact) mass is 194 g/mol. The van der Waals surface area contributed by atoms with E-state index in [2.05, 4.69) is 0 Å². The van der Waals surface area contributed by atoms with E-state index in [4.69, 9.17) is 10.5 Å². The van der Waals surface area contributed by atoms with Gasteiger partial charge < -0.3 is 10.5 Å². The average Bonchev–Trinajstić information content (AvgIpc) is 2.21. The second-order valence-corrected chi connectivity index (χ2v) is 2.65. The summed E-state index contributed by atoms with van der Waals surface area (Å²) in [7, 11) is 0. The lowest BCUT2D eigenvalue weighted by molar-refractivity contribution is 0.160. The molecule has 0 radical (unpaired) electrons. The van der Waals surface area contributed by atoms with Crippen molar-refractivity contribution in [3.63, 3.8) is 0 Å². The van der Waals surface area contributed by atoms with Gasteiger partial charge in [0.15, 0.2) is 0 Å². The first-order chi connectivity index (χ1) is 6.79. The Hall–Kier alpha value is -1.55. The van der Waals surface area contributed by atoms with Crippen LogP contribution in [0.15, 0.2) is 30.3 Å². The van der Waals surface area contributed by atoms with E-state index in [1.165, 1.54) is 4.90 Å². The molecule has 4 heteroatoms. The van der Waals surface area contributed by atoms with E-state index in [1.807, 2.05) is 30.3 Å². The predicted octanol–water partition coefficient (Wildman–Crippen LogP) is 1.57. The molecule has 1 rings (SSSR count). The fraction of sp³-hybridized carbons (Fsp3) is 0.300. The molecule has 0 saturated carbocycles. The highest BCUT2D eigenvalue weighted by Gasteiger charge is 2.13. The van der Waals surface area contributed by atoms with E-state index >= 15 is 0 Å². The second kappa shape index (κ2) is 5.24. The minimum Gasteiger partial charge on any atom is -0.449 e. The molecule has 0 fully saturated rings.